The molecule has 0 spiro atoms. The Kier molecular flexibility index (Phi) is 7.89. The molecule has 3 amide bonds. The lowest BCUT2D eigenvalue weighted by atomic mass is 10.2. The van der Waals surface area contributed by atoms with E-state index in [0.717, 1.165) is 5.56 Å². The summed E-state index contributed by atoms with van der Waals surface area (Å²) < 4.78 is 4.93. The lowest BCUT2D eigenvalue weighted by molar-refractivity contribution is -0.121. The summed E-state index contributed by atoms with van der Waals surface area (Å²) in [6, 6.07) is 9.31. The van der Waals surface area contributed by atoms with Gasteiger partial charge in [-0.15, -0.1) is 0 Å². The molecular weight excluding hydrogens is 270 g/mol. The zero-order valence-electron chi connectivity index (χ0n) is 12.5. The maximum absolute atomic E-state index is 11.6. The van der Waals surface area contributed by atoms with E-state index in [4.69, 9.17) is 4.74 Å². The molecule has 6 heteroatoms. The minimum atomic E-state index is -0.281. The number of hydrogen-bond donors (Lipinski definition) is 3. The fraction of sp³-hybridized carbons (Fsp3) is 0.467. The first-order valence-electron chi connectivity index (χ1n) is 6.95. The van der Waals surface area contributed by atoms with Gasteiger partial charge in [-0.25, -0.2) is 4.79 Å². The molecule has 0 aliphatic rings. The second-order valence-electron chi connectivity index (χ2n) is 4.77. The number of carbonyl (C=O) groups is 2. The van der Waals surface area contributed by atoms with Crippen LogP contribution in [0.4, 0.5) is 4.79 Å². The first kappa shape index (κ1) is 17.0. The Bertz CT molecular complexity index is 437. The van der Waals surface area contributed by atoms with Crippen molar-refractivity contribution in [1.82, 2.24) is 16.0 Å². The van der Waals surface area contributed by atoms with Crippen molar-refractivity contribution in [3.63, 3.8) is 0 Å². The Morgan fingerprint density at radius 3 is 2.57 bits per heavy atom. The lowest BCUT2D eigenvalue weighted by Crippen LogP contribution is -2.40. The Hall–Kier alpha value is -2.08. The van der Waals surface area contributed by atoms with Crippen LogP contribution in [-0.2, 0) is 16.1 Å². The number of carbonyl (C=O) groups excluding carboxylic acids is 2. The monoisotopic (exact) mass is 293 g/mol. The summed E-state index contributed by atoms with van der Waals surface area (Å²) in [4.78, 5) is 23.1. The standard InChI is InChI=1S/C15H23N3O3/c1-12(11-21-2)18-14(19)8-9-16-15(20)17-10-13-6-4-3-5-7-13/h3-7,12H,8-11H2,1-2H3,(H,18,19)(H2,16,17,20)/t12-/m1/s1. The van der Waals surface area contributed by atoms with Crippen molar-refractivity contribution in [3.05, 3.63) is 35.9 Å². The molecule has 1 aromatic rings. The Balaban J connectivity index is 2.11. The molecule has 0 saturated heterocycles. The van der Waals surface area contributed by atoms with E-state index >= 15 is 0 Å². The van der Waals surface area contributed by atoms with E-state index in [0.29, 0.717) is 19.7 Å². The molecule has 0 aliphatic carbocycles. The molecule has 6 nitrogen and oxygen atoms in total. The van der Waals surface area contributed by atoms with Crippen molar-refractivity contribution in [1.29, 1.82) is 0 Å². The molecule has 0 unspecified atom stereocenters. The molecule has 0 fully saturated rings. The third-order valence-corrected chi connectivity index (χ3v) is 2.76. The summed E-state index contributed by atoms with van der Waals surface area (Å²) in [6.45, 7) is 3.09. The largest absolute Gasteiger partial charge is 0.383 e. The van der Waals surface area contributed by atoms with E-state index in [2.05, 4.69) is 16.0 Å². The maximum atomic E-state index is 11.6. The highest BCUT2D eigenvalue weighted by molar-refractivity contribution is 5.78. The van der Waals surface area contributed by atoms with Crippen LogP contribution in [0, 0.1) is 0 Å². The topological polar surface area (TPSA) is 79.5 Å². The highest BCUT2D eigenvalue weighted by atomic mass is 16.5. The number of methoxy groups -OCH3 is 1. The van der Waals surface area contributed by atoms with Crippen molar-refractivity contribution in [3.8, 4) is 0 Å². The van der Waals surface area contributed by atoms with Gasteiger partial charge in [0.05, 0.1) is 6.61 Å². The van der Waals surface area contributed by atoms with Gasteiger partial charge in [0.15, 0.2) is 0 Å². The van der Waals surface area contributed by atoms with Crippen LogP contribution in [0.5, 0.6) is 0 Å². The van der Waals surface area contributed by atoms with Gasteiger partial charge in [-0.3, -0.25) is 4.79 Å². The van der Waals surface area contributed by atoms with Crippen LogP contribution in [0.2, 0.25) is 0 Å². The molecule has 116 valence electrons. The number of nitrogens with one attached hydrogen (secondary N) is 3. The number of benzene rings is 1. The minimum Gasteiger partial charge on any atom is -0.383 e. The van der Waals surface area contributed by atoms with Crippen molar-refractivity contribution >= 4 is 11.9 Å². The minimum absolute atomic E-state index is 0.0330. The molecule has 0 saturated carbocycles. The first-order chi connectivity index (χ1) is 10.1. The van der Waals surface area contributed by atoms with Crippen LogP contribution < -0.4 is 16.0 Å². The molecule has 0 aromatic heterocycles. The molecule has 0 aliphatic heterocycles. The predicted octanol–water partition coefficient (Wildman–Crippen LogP) is 1.03. The quantitative estimate of drug-likeness (QED) is 0.669. The van der Waals surface area contributed by atoms with Crippen LogP contribution in [0.3, 0.4) is 0 Å². The van der Waals surface area contributed by atoms with Gasteiger partial charge in [-0.05, 0) is 12.5 Å². The zero-order valence-corrected chi connectivity index (χ0v) is 12.5. The van der Waals surface area contributed by atoms with Gasteiger partial charge < -0.3 is 20.7 Å². The van der Waals surface area contributed by atoms with Gasteiger partial charge in [0.2, 0.25) is 5.91 Å². The van der Waals surface area contributed by atoms with Gasteiger partial charge >= 0.3 is 6.03 Å². The van der Waals surface area contributed by atoms with E-state index in [1.165, 1.54) is 0 Å². The predicted molar refractivity (Wildman–Crippen MR) is 80.8 cm³/mol. The molecular formula is C15H23N3O3. The Labute approximate surface area is 125 Å². The third-order valence-electron chi connectivity index (χ3n) is 2.76. The average Bonchev–Trinajstić information content (AvgIpc) is 2.46. The fourth-order valence-electron chi connectivity index (χ4n) is 1.77. The number of rotatable bonds is 8. The Morgan fingerprint density at radius 2 is 1.90 bits per heavy atom. The van der Waals surface area contributed by atoms with E-state index in [-0.39, 0.29) is 24.4 Å². The molecule has 1 rings (SSSR count). The zero-order chi connectivity index (χ0) is 15.5. The van der Waals surface area contributed by atoms with Gasteiger partial charge in [0, 0.05) is 32.7 Å². The van der Waals surface area contributed by atoms with Gasteiger partial charge in [0.25, 0.3) is 0 Å². The summed E-state index contributed by atoms with van der Waals surface area (Å²) in [5, 5.41) is 8.16. The van der Waals surface area contributed by atoms with Crippen molar-refractivity contribution in [2.75, 3.05) is 20.3 Å². The van der Waals surface area contributed by atoms with Crippen molar-refractivity contribution < 1.29 is 14.3 Å². The smallest absolute Gasteiger partial charge is 0.315 e. The normalized spacial score (nSPS) is 11.5. The van der Waals surface area contributed by atoms with Crippen molar-refractivity contribution in [2.24, 2.45) is 0 Å². The Morgan fingerprint density at radius 1 is 1.19 bits per heavy atom. The maximum Gasteiger partial charge on any atom is 0.315 e. The van der Waals surface area contributed by atoms with Gasteiger partial charge in [0.1, 0.15) is 0 Å². The second-order valence-corrected chi connectivity index (χ2v) is 4.77. The summed E-state index contributed by atoms with van der Waals surface area (Å²) in [5.41, 5.74) is 1.03. The molecule has 21 heavy (non-hydrogen) atoms. The first-order valence-corrected chi connectivity index (χ1v) is 6.95. The summed E-state index contributed by atoms with van der Waals surface area (Å²) in [5.74, 6) is -0.108. The van der Waals surface area contributed by atoms with Gasteiger partial charge in [-0.2, -0.15) is 0 Å². The number of ether oxygens (including phenoxy) is 1. The summed E-state index contributed by atoms with van der Waals surface area (Å²) in [7, 11) is 1.58. The van der Waals surface area contributed by atoms with Gasteiger partial charge in [-0.1, -0.05) is 30.3 Å². The van der Waals surface area contributed by atoms with Crippen molar-refractivity contribution in [2.45, 2.75) is 25.9 Å². The average molecular weight is 293 g/mol. The SMILES string of the molecule is COC[C@@H](C)NC(=O)CCNC(=O)NCc1ccccc1. The van der Waals surface area contributed by atoms with Crippen LogP contribution in [0.1, 0.15) is 18.9 Å². The molecule has 0 radical (unpaired) electrons. The molecule has 3 N–H and O–H groups in total. The van der Waals surface area contributed by atoms with E-state index < -0.39 is 0 Å². The highest BCUT2D eigenvalue weighted by Crippen LogP contribution is 1.96. The number of hydrogen-bond acceptors (Lipinski definition) is 3. The van der Waals surface area contributed by atoms with Crippen LogP contribution in [0.15, 0.2) is 30.3 Å². The second kappa shape index (κ2) is 9.77. The molecule has 0 bridgehead atoms. The van der Waals surface area contributed by atoms with Crippen LogP contribution >= 0.6 is 0 Å². The number of urea groups is 1. The summed E-state index contributed by atoms with van der Waals surface area (Å²) >= 11 is 0. The third kappa shape index (κ3) is 7.94. The summed E-state index contributed by atoms with van der Waals surface area (Å²) in [6.07, 6.45) is 0.243. The van der Waals surface area contributed by atoms with E-state index in [1.807, 2.05) is 37.3 Å². The highest BCUT2D eigenvalue weighted by Gasteiger charge is 2.07. The number of amides is 3. The molecule has 0 heterocycles. The fourth-order valence-corrected chi connectivity index (χ4v) is 1.77. The lowest BCUT2D eigenvalue weighted by Gasteiger charge is -2.13. The van der Waals surface area contributed by atoms with Crippen LogP contribution in [0.25, 0.3) is 0 Å². The molecule has 1 atom stereocenters. The van der Waals surface area contributed by atoms with E-state index in [1.54, 1.807) is 7.11 Å². The van der Waals surface area contributed by atoms with E-state index in [9.17, 15) is 9.59 Å². The van der Waals surface area contributed by atoms with Crippen LogP contribution in [-0.4, -0.2) is 38.2 Å². The molecule has 1 aromatic carbocycles.